The molecular formula is C20H25N5O3S. The summed E-state index contributed by atoms with van der Waals surface area (Å²) in [5, 5.41) is 1.94. The number of nitrogen functional groups attached to an aromatic ring is 1. The zero-order valence-electron chi connectivity index (χ0n) is 16.5. The quantitative estimate of drug-likeness (QED) is 0.665. The molecule has 1 saturated heterocycles. The van der Waals surface area contributed by atoms with Gasteiger partial charge in [-0.1, -0.05) is 13.0 Å². The van der Waals surface area contributed by atoms with Gasteiger partial charge < -0.3 is 15.1 Å². The molecule has 3 aromatic heterocycles. The van der Waals surface area contributed by atoms with Gasteiger partial charge in [-0.2, -0.15) is 0 Å². The molecule has 0 amide bonds. The van der Waals surface area contributed by atoms with Crippen LogP contribution in [0.15, 0.2) is 37.8 Å². The number of hydrogen-bond donors (Lipinski definition) is 1. The summed E-state index contributed by atoms with van der Waals surface area (Å²) >= 11 is 1.52. The number of hydrogen-bond acceptors (Lipinski definition) is 7. The van der Waals surface area contributed by atoms with Gasteiger partial charge in [0.2, 0.25) is 5.89 Å². The second-order valence-corrected chi connectivity index (χ2v) is 8.18. The Labute approximate surface area is 172 Å². The van der Waals surface area contributed by atoms with Crippen LogP contribution in [0, 0.1) is 0 Å². The minimum atomic E-state index is -0.407. The third-order valence-corrected chi connectivity index (χ3v) is 6.02. The normalized spacial score (nSPS) is 14.4. The van der Waals surface area contributed by atoms with Crippen LogP contribution in [-0.4, -0.2) is 27.2 Å². The average Bonchev–Trinajstić information content (AvgIpc) is 3.41. The number of thiophene rings is 1. The lowest BCUT2D eigenvalue weighted by molar-refractivity contribution is 0.545. The van der Waals surface area contributed by atoms with E-state index in [0.29, 0.717) is 23.8 Å². The molecule has 0 unspecified atom stereocenters. The molecule has 0 spiro atoms. The van der Waals surface area contributed by atoms with E-state index in [1.165, 1.54) is 26.7 Å². The van der Waals surface area contributed by atoms with E-state index in [1.54, 1.807) is 0 Å². The number of nitrogens with zero attached hydrogens (tertiary/aromatic N) is 4. The van der Waals surface area contributed by atoms with E-state index >= 15 is 0 Å². The van der Waals surface area contributed by atoms with Crippen molar-refractivity contribution in [2.24, 2.45) is 0 Å². The molecule has 0 aliphatic carbocycles. The number of piperidine rings is 1. The van der Waals surface area contributed by atoms with E-state index in [-0.39, 0.29) is 17.9 Å². The summed E-state index contributed by atoms with van der Waals surface area (Å²) in [6.45, 7) is 4.04. The summed E-state index contributed by atoms with van der Waals surface area (Å²) in [5.74, 6) is 0.753. The van der Waals surface area contributed by atoms with Crippen LogP contribution in [0.4, 0.5) is 11.5 Å². The molecule has 9 heteroatoms. The predicted molar refractivity (Wildman–Crippen MR) is 115 cm³/mol. The maximum Gasteiger partial charge on any atom is 0.333 e. The topological polar surface area (TPSA) is 99.3 Å². The standard InChI is InChI=1S/C20H25N5O3S/c1-2-8-24-17(21)16(23-9-4-3-5-10-23)19(26)25(20(24)27)12-14-13-28-18(22-14)15-7-6-11-29-15/h6-7,11,13H,2-5,8-10,12,21H2,1H3. The smallest absolute Gasteiger partial charge is 0.333 e. The van der Waals surface area contributed by atoms with Gasteiger partial charge in [0, 0.05) is 19.6 Å². The highest BCUT2D eigenvalue weighted by atomic mass is 32.1. The van der Waals surface area contributed by atoms with E-state index in [1.807, 2.05) is 29.3 Å². The molecule has 0 aromatic carbocycles. The largest absolute Gasteiger partial charge is 0.443 e. The van der Waals surface area contributed by atoms with Crippen LogP contribution in [0.1, 0.15) is 38.3 Å². The summed E-state index contributed by atoms with van der Waals surface area (Å²) in [5.41, 5.74) is 6.50. The van der Waals surface area contributed by atoms with Crippen LogP contribution >= 0.6 is 11.3 Å². The average molecular weight is 416 g/mol. The van der Waals surface area contributed by atoms with Crippen molar-refractivity contribution < 1.29 is 4.42 Å². The second-order valence-electron chi connectivity index (χ2n) is 7.23. The summed E-state index contributed by atoms with van der Waals surface area (Å²) in [7, 11) is 0. The number of aromatic nitrogens is 3. The van der Waals surface area contributed by atoms with Gasteiger partial charge in [0.15, 0.2) is 0 Å². The van der Waals surface area contributed by atoms with Crippen molar-refractivity contribution in [3.63, 3.8) is 0 Å². The Bertz CT molecular complexity index is 1090. The molecule has 1 aliphatic rings. The van der Waals surface area contributed by atoms with Crippen molar-refractivity contribution in [1.29, 1.82) is 0 Å². The molecule has 4 rings (SSSR count). The van der Waals surface area contributed by atoms with Gasteiger partial charge in [-0.15, -0.1) is 11.3 Å². The third kappa shape index (κ3) is 3.74. The van der Waals surface area contributed by atoms with Crippen molar-refractivity contribution in [1.82, 2.24) is 14.1 Å². The molecule has 0 radical (unpaired) electrons. The number of oxazole rings is 1. The Morgan fingerprint density at radius 1 is 1.21 bits per heavy atom. The van der Waals surface area contributed by atoms with Crippen LogP contribution in [0.5, 0.6) is 0 Å². The maximum atomic E-state index is 13.3. The van der Waals surface area contributed by atoms with Crippen molar-refractivity contribution in [3.8, 4) is 10.8 Å². The zero-order chi connectivity index (χ0) is 20.4. The summed E-state index contributed by atoms with van der Waals surface area (Å²) < 4.78 is 8.28. The number of nitrogens with two attached hydrogens (primary N) is 1. The molecule has 29 heavy (non-hydrogen) atoms. The fourth-order valence-corrected chi connectivity index (χ4v) is 4.41. The Morgan fingerprint density at radius 2 is 2.00 bits per heavy atom. The minimum absolute atomic E-state index is 0.0530. The van der Waals surface area contributed by atoms with Gasteiger partial charge in [-0.25, -0.2) is 9.78 Å². The third-order valence-electron chi connectivity index (χ3n) is 5.17. The molecule has 0 atom stereocenters. The first-order chi connectivity index (χ1) is 14.1. The molecule has 0 saturated carbocycles. The van der Waals surface area contributed by atoms with Gasteiger partial charge in [0.05, 0.1) is 17.1 Å². The molecule has 0 bridgehead atoms. The molecule has 8 nitrogen and oxygen atoms in total. The van der Waals surface area contributed by atoms with Gasteiger partial charge >= 0.3 is 5.69 Å². The Kier molecular flexibility index (Phi) is 5.57. The monoisotopic (exact) mass is 415 g/mol. The molecule has 3 aromatic rings. The highest BCUT2D eigenvalue weighted by molar-refractivity contribution is 7.13. The highest BCUT2D eigenvalue weighted by Gasteiger charge is 2.24. The van der Waals surface area contributed by atoms with E-state index in [4.69, 9.17) is 10.2 Å². The van der Waals surface area contributed by atoms with Crippen molar-refractivity contribution in [3.05, 3.63) is 50.3 Å². The van der Waals surface area contributed by atoms with Crippen molar-refractivity contribution >= 4 is 22.8 Å². The summed E-state index contributed by atoms with van der Waals surface area (Å²) in [6.07, 6.45) is 5.42. The highest BCUT2D eigenvalue weighted by Crippen LogP contribution is 2.24. The fourth-order valence-electron chi connectivity index (χ4n) is 3.75. The Balaban J connectivity index is 1.77. The molecule has 1 fully saturated rings. The van der Waals surface area contributed by atoms with Crippen LogP contribution in [0.3, 0.4) is 0 Å². The molecular weight excluding hydrogens is 390 g/mol. The second kappa shape index (κ2) is 8.28. The first-order valence-corrected chi connectivity index (χ1v) is 10.8. The predicted octanol–water partition coefficient (Wildman–Crippen LogP) is 2.76. The lowest BCUT2D eigenvalue weighted by Gasteiger charge is -2.30. The lowest BCUT2D eigenvalue weighted by atomic mass is 10.1. The maximum absolute atomic E-state index is 13.3. The molecule has 1 aliphatic heterocycles. The van der Waals surface area contributed by atoms with Crippen molar-refractivity contribution in [2.45, 2.75) is 45.7 Å². The van der Waals surface area contributed by atoms with Gasteiger partial charge in [-0.3, -0.25) is 13.9 Å². The minimum Gasteiger partial charge on any atom is -0.443 e. The number of anilines is 2. The lowest BCUT2D eigenvalue weighted by Crippen LogP contribution is -2.46. The van der Waals surface area contributed by atoms with E-state index < -0.39 is 5.69 Å². The summed E-state index contributed by atoms with van der Waals surface area (Å²) in [4.78, 5) is 33.7. The zero-order valence-corrected chi connectivity index (χ0v) is 17.3. The molecule has 4 heterocycles. The van der Waals surface area contributed by atoms with Crippen LogP contribution < -0.4 is 21.9 Å². The van der Waals surface area contributed by atoms with E-state index in [0.717, 1.165) is 43.6 Å². The van der Waals surface area contributed by atoms with Crippen LogP contribution in [-0.2, 0) is 13.1 Å². The van der Waals surface area contributed by atoms with Gasteiger partial charge in [0.1, 0.15) is 17.8 Å². The van der Waals surface area contributed by atoms with Gasteiger partial charge in [0.25, 0.3) is 5.56 Å². The SMILES string of the molecule is CCCn1c(N)c(N2CCCCC2)c(=O)n(Cc2coc(-c3cccs3)n2)c1=O. The fraction of sp³-hybridized carbons (Fsp3) is 0.450. The first-order valence-electron chi connectivity index (χ1n) is 9.96. The molecule has 2 N–H and O–H groups in total. The summed E-state index contributed by atoms with van der Waals surface area (Å²) in [6, 6.07) is 3.83. The Hall–Kier alpha value is -2.81. The van der Waals surface area contributed by atoms with Crippen LogP contribution in [0.25, 0.3) is 10.8 Å². The van der Waals surface area contributed by atoms with Gasteiger partial charge in [-0.05, 0) is 37.1 Å². The van der Waals surface area contributed by atoms with E-state index in [2.05, 4.69) is 4.98 Å². The van der Waals surface area contributed by atoms with Crippen LogP contribution in [0.2, 0.25) is 0 Å². The molecule has 154 valence electrons. The first kappa shape index (κ1) is 19.5. The Morgan fingerprint density at radius 3 is 2.69 bits per heavy atom. The van der Waals surface area contributed by atoms with E-state index in [9.17, 15) is 9.59 Å². The number of rotatable bonds is 6. The van der Waals surface area contributed by atoms with Crippen molar-refractivity contribution in [2.75, 3.05) is 23.7 Å².